The number of aryl methyl sites for hydroxylation is 1. The normalized spacial score (nSPS) is 20.5. The summed E-state index contributed by atoms with van der Waals surface area (Å²) < 4.78 is 13.3. The molecule has 1 amide bonds. The lowest BCUT2D eigenvalue weighted by molar-refractivity contribution is -0.118. The third-order valence-corrected chi connectivity index (χ3v) is 3.77. The molecule has 1 unspecified atom stereocenters. The molecule has 1 atom stereocenters. The van der Waals surface area contributed by atoms with Crippen LogP contribution in [0.3, 0.4) is 0 Å². The first-order valence-electron chi connectivity index (χ1n) is 4.81. The van der Waals surface area contributed by atoms with Crippen molar-refractivity contribution < 1.29 is 9.18 Å². The van der Waals surface area contributed by atoms with Gasteiger partial charge in [-0.1, -0.05) is 6.92 Å². The van der Waals surface area contributed by atoms with Gasteiger partial charge in [-0.25, -0.2) is 4.39 Å². The zero-order chi connectivity index (χ0) is 11.0. The smallest absolute Gasteiger partial charge is 0.228 e. The van der Waals surface area contributed by atoms with Crippen LogP contribution < -0.4 is 5.32 Å². The lowest BCUT2D eigenvalue weighted by Gasteiger charge is -2.07. The number of halogens is 1. The van der Waals surface area contributed by atoms with Crippen molar-refractivity contribution in [2.75, 3.05) is 11.1 Å². The molecule has 0 radical (unpaired) electrons. The summed E-state index contributed by atoms with van der Waals surface area (Å²) in [6, 6.07) is 3.18. The third-order valence-electron chi connectivity index (χ3n) is 2.46. The highest BCUT2D eigenvalue weighted by atomic mass is 32.2. The molecule has 1 N–H and O–H groups in total. The Morgan fingerprint density at radius 2 is 2.27 bits per heavy atom. The lowest BCUT2D eigenvalue weighted by atomic mass is 10.2. The van der Waals surface area contributed by atoms with Gasteiger partial charge in [-0.2, -0.15) is 0 Å². The highest BCUT2D eigenvalue weighted by Gasteiger charge is 2.20. The van der Waals surface area contributed by atoms with Crippen molar-refractivity contribution in [3.63, 3.8) is 0 Å². The van der Waals surface area contributed by atoms with E-state index in [4.69, 9.17) is 0 Å². The van der Waals surface area contributed by atoms with Crippen LogP contribution in [-0.4, -0.2) is 11.7 Å². The fourth-order valence-electron chi connectivity index (χ4n) is 1.42. The summed E-state index contributed by atoms with van der Waals surface area (Å²) in [5.41, 5.74) is 1.21. The SMILES string of the molecule is Cc1cc2c(cc1F)NC(=O)C(C)CS2. The fraction of sp³-hybridized carbons (Fsp3) is 0.364. The van der Waals surface area contributed by atoms with Gasteiger partial charge in [0.05, 0.1) is 5.69 Å². The van der Waals surface area contributed by atoms with Gasteiger partial charge in [0, 0.05) is 16.6 Å². The number of amides is 1. The summed E-state index contributed by atoms with van der Waals surface area (Å²) in [6.07, 6.45) is 0. The molecule has 0 aliphatic carbocycles. The van der Waals surface area contributed by atoms with Crippen molar-refractivity contribution in [1.29, 1.82) is 0 Å². The Bertz CT molecular complexity index is 419. The second kappa shape index (κ2) is 3.85. The molecule has 2 rings (SSSR count). The number of anilines is 1. The molecule has 2 nitrogen and oxygen atoms in total. The van der Waals surface area contributed by atoms with Crippen LogP contribution in [0, 0.1) is 18.7 Å². The molecule has 80 valence electrons. The largest absolute Gasteiger partial charge is 0.325 e. The number of nitrogens with one attached hydrogen (secondary N) is 1. The molecule has 0 fully saturated rings. The van der Waals surface area contributed by atoms with Crippen molar-refractivity contribution in [2.24, 2.45) is 5.92 Å². The highest BCUT2D eigenvalue weighted by Crippen LogP contribution is 2.34. The van der Waals surface area contributed by atoms with Crippen LogP contribution in [0.5, 0.6) is 0 Å². The molecule has 4 heteroatoms. The van der Waals surface area contributed by atoms with Crippen LogP contribution in [0.4, 0.5) is 10.1 Å². The second-order valence-electron chi connectivity index (χ2n) is 3.80. The van der Waals surface area contributed by atoms with E-state index in [2.05, 4.69) is 5.32 Å². The zero-order valence-corrected chi connectivity index (χ0v) is 9.45. The molecule has 0 bridgehead atoms. The molecular formula is C11H12FNOS. The van der Waals surface area contributed by atoms with Crippen molar-refractivity contribution >= 4 is 23.4 Å². The van der Waals surface area contributed by atoms with Gasteiger partial charge in [-0.3, -0.25) is 4.79 Å². The number of hydrogen-bond donors (Lipinski definition) is 1. The molecule has 0 spiro atoms. The van der Waals surface area contributed by atoms with Crippen molar-refractivity contribution in [3.8, 4) is 0 Å². The zero-order valence-electron chi connectivity index (χ0n) is 8.63. The Balaban J connectivity index is 2.43. The van der Waals surface area contributed by atoms with E-state index in [1.54, 1.807) is 24.8 Å². The number of rotatable bonds is 0. The summed E-state index contributed by atoms with van der Waals surface area (Å²) in [5.74, 6) is 0.392. The van der Waals surface area contributed by atoms with E-state index in [1.807, 2.05) is 6.92 Å². The van der Waals surface area contributed by atoms with Gasteiger partial charge < -0.3 is 5.32 Å². The molecule has 0 aromatic heterocycles. The average Bonchev–Trinajstić information content (AvgIpc) is 2.31. The highest BCUT2D eigenvalue weighted by molar-refractivity contribution is 7.99. The number of benzene rings is 1. The molecule has 1 aliphatic rings. The van der Waals surface area contributed by atoms with Crippen LogP contribution in [0.1, 0.15) is 12.5 Å². The van der Waals surface area contributed by atoms with E-state index in [0.717, 1.165) is 10.6 Å². The summed E-state index contributed by atoms with van der Waals surface area (Å²) in [5, 5.41) is 2.74. The van der Waals surface area contributed by atoms with E-state index >= 15 is 0 Å². The lowest BCUT2D eigenvalue weighted by Crippen LogP contribution is -2.20. The first-order valence-corrected chi connectivity index (χ1v) is 5.80. The van der Waals surface area contributed by atoms with E-state index in [9.17, 15) is 9.18 Å². The number of carbonyl (C=O) groups is 1. The van der Waals surface area contributed by atoms with E-state index in [-0.39, 0.29) is 17.6 Å². The van der Waals surface area contributed by atoms with Crippen LogP contribution in [0.15, 0.2) is 17.0 Å². The Kier molecular flexibility index (Phi) is 2.69. The molecule has 0 saturated heterocycles. The predicted molar refractivity (Wildman–Crippen MR) is 59.7 cm³/mol. The van der Waals surface area contributed by atoms with E-state index in [1.165, 1.54) is 6.07 Å². The van der Waals surface area contributed by atoms with Gasteiger partial charge in [-0.05, 0) is 24.6 Å². The van der Waals surface area contributed by atoms with E-state index in [0.29, 0.717) is 11.3 Å². The maximum Gasteiger partial charge on any atom is 0.228 e. The number of hydrogen-bond acceptors (Lipinski definition) is 2. The Labute approximate surface area is 92.3 Å². The third kappa shape index (κ3) is 2.00. The topological polar surface area (TPSA) is 29.1 Å². The van der Waals surface area contributed by atoms with Gasteiger partial charge in [0.1, 0.15) is 5.82 Å². The van der Waals surface area contributed by atoms with Crippen LogP contribution >= 0.6 is 11.8 Å². The summed E-state index contributed by atoms with van der Waals surface area (Å²) >= 11 is 1.59. The Hall–Kier alpha value is -1.03. The van der Waals surface area contributed by atoms with Crippen molar-refractivity contribution in [1.82, 2.24) is 0 Å². The molecule has 1 aromatic carbocycles. The first-order chi connectivity index (χ1) is 7.08. The minimum absolute atomic E-state index is 0.0363. The van der Waals surface area contributed by atoms with Crippen molar-refractivity contribution in [2.45, 2.75) is 18.7 Å². The van der Waals surface area contributed by atoms with Crippen LogP contribution in [0.25, 0.3) is 0 Å². The minimum atomic E-state index is -0.274. The van der Waals surface area contributed by atoms with Crippen LogP contribution in [-0.2, 0) is 4.79 Å². The molecule has 1 heterocycles. The average molecular weight is 225 g/mol. The van der Waals surface area contributed by atoms with Gasteiger partial charge in [0.2, 0.25) is 5.91 Å². The molecule has 1 aromatic rings. The Morgan fingerprint density at radius 3 is 3.00 bits per heavy atom. The van der Waals surface area contributed by atoms with Gasteiger partial charge >= 0.3 is 0 Å². The standard InChI is InChI=1S/C11H12FNOS/c1-6-3-10-9(4-8(6)12)13-11(14)7(2)5-15-10/h3-4,7H,5H2,1-2H3,(H,13,14). The van der Waals surface area contributed by atoms with Crippen molar-refractivity contribution in [3.05, 3.63) is 23.5 Å². The number of fused-ring (bicyclic) bond motifs is 1. The first kappa shape index (κ1) is 10.5. The predicted octanol–water partition coefficient (Wildman–Crippen LogP) is 2.81. The summed E-state index contributed by atoms with van der Waals surface area (Å²) in [6.45, 7) is 3.60. The monoisotopic (exact) mass is 225 g/mol. The summed E-state index contributed by atoms with van der Waals surface area (Å²) in [7, 11) is 0. The molecule has 15 heavy (non-hydrogen) atoms. The maximum atomic E-state index is 13.3. The maximum absolute atomic E-state index is 13.3. The minimum Gasteiger partial charge on any atom is -0.325 e. The van der Waals surface area contributed by atoms with E-state index < -0.39 is 0 Å². The number of thioether (sulfide) groups is 1. The van der Waals surface area contributed by atoms with Gasteiger partial charge in [0.15, 0.2) is 0 Å². The van der Waals surface area contributed by atoms with Crippen LogP contribution in [0.2, 0.25) is 0 Å². The second-order valence-corrected chi connectivity index (χ2v) is 4.86. The summed E-state index contributed by atoms with van der Waals surface area (Å²) in [4.78, 5) is 12.5. The quantitative estimate of drug-likeness (QED) is 0.735. The fourth-order valence-corrected chi connectivity index (χ4v) is 2.53. The molecule has 0 saturated carbocycles. The molecule has 1 aliphatic heterocycles. The van der Waals surface area contributed by atoms with Gasteiger partial charge in [-0.15, -0.1) is 11.8 Å². The molecular weight excluding hydrogens is 213 g/mol. The number of carbonyl (C=O) groups excluding carboxylic acids is 1. The van der Waals surface area contributed by atoms with Gasteiger partial charge in [0.25, 0.3) is 0 Å². The Morgan fingerprint density at radius 1 is 1.53 bits per heavy atom.